The van der Waals surface area contributed by atoms with Crippen molar-refractivity contribution in [3.63, 3.8) is 0 Å². The van der Waals surface area contributed by atoms with E-state index in [9.17, 15) is 13.2 Å². The molecular formula is C14H22N2O3S. The SMILES string of the molecule is C=C(/C=C\C=C/C)S(=O)(=O)NC1CCN(C(C)=O)CC1. The van der Waals surface area contributed by atoms with Gasteiger partial charge in [-0.05, 0) is 25.8 Å². The van der Waals surface area contributed by atoms with Gasteiger partial charge < -0.3 is 4.90 Å². The number of hydrogen-bond acceptors (Lipinski definition) is 3. The Morgan fingerprint density at radius 3 is 2.40 bits per heavy atom. The molecule has 0 bridgehead atoms. The number of carbonyl (C=O) groups is 1. The maximum Gasteiger partial charge on any atom is 0.240 e. The first kappa shape index (κ1) is 16.7. The first-order valence-corrected chi connectivity index (χ1v) is 8.11. The molecule has 0 radical (unpaired) electrons. The molecule has 0 saturated carbocycles. The number of carbonyl (C=O) groups excluding carboxylic acids is 1. The zero-order valence-corrected chi connectivity index (χ0v) is 12.8. The molecule has 6 heteroatoms. The third-order valence-electron chi connectivity index (χ3n) is 3.19. The number of sulfonamides is 1. The van der Waals surface area contributed by atoms with E-state index in [1.807, 2.05) is 6.92 Å². The molecule has 5 nitrogen and oxygen atoms in total. The normalized spacial score (nSPS) is 18.0. The Bertz CT molecular complexity index is 513. The van der Waals surface area contributed by atoms with E-state index in [-0.39, 0.29) is 16.9 Å². The van der Waals surface area contributed by atoms with Crippen molar-refractivity contribution in [2.75, 3.05) is 13.1 Å². The molecule has 0 spiro atoms. The predicted octanol–water partition coefficient (Wildman–Crippen LogP) is 1.56. The molecule has 0 aromatic carbocycles. The number of hydrogen-bond donors (Lipinski definition) is 1. The topological polar surface area (TPSA) is 66.5 Å². The number of rotatable bonds is 5. The quantitative estimate of drug-likeness (QED) is 0.783. The van der Waals surface area contributed by atoms with Crippen molar-refractivity contribution < 1.29 is 13.2 Å². The Balaban J connectivity index is 2.56. The summed E-state index contributed by atoms with van der Waals surface area (Å²) in [6, 6.07) is -0.137. The first-order chi connectivity index (χ1) is 9.36. The standard InChI is InChI=1S/C14H22N2O3S/c1-4-5-6-7-12(2)20(18,19)15-14-8-10-16(11-9-14)13(3)17/h4-7,14-15H,2,8-11H2,1,3H3/b5-4-,7-6-. The van der Waals surface area contributed by atoms with Crippen molar-refractivity contribution in [3.8, 4) is 0 Å². The van der Waals surface area contributed by atoms with Crippen LogP contribution in [0.25, 0.3) is 0 Å². The molecule has 1 amide bonds. The molecule has 0 unspecified atom stereocenters. The summed E-state index contributed by atoms with van der Waals surface area (Å²) in [6.45, 7) is 8.12. The maximum atomic E-state index is 12.0. The molecule has 0 aromatic rings. The second kappa shape index (κ2) is 7.40. The van der Waals surface area contributed by atoms with E-state index in [0.717, 1.165) is 0 Å². The molecule has 1 saturated heterocycles. The highest BCUT2D eigenvalue weighted by molar-refractivity contribution is 7.93. The van der Waals surface area contributed by atoms with Gasteiger partial charge in [-0.3, -0.25) is 4.79 Å². The summed E-state index contributed by atoms with van der Waals surface area (Å²) < 4.78 is 26.7. The monoisotopic (exact) mass is 298 g/mol. The summed E-state index contributed by atoms with van der Waals surface area (Å²) in [5.74, 6) is 0.0324. The molecule has 1 fully saturated rings. The Morgan fingerprint density at radius 1 is 1.30 bits per heavy atom. The van der Waals surface area contributed by atoms with Gasteiger partial charge in [0, 0.05) is 26.1 Å². The van der Waals surface area contributed by atoms with Crippen LogP contribution in [-0.4, -0.2) is 38.4 Å². The van der Waals surface area contributed by atoms with Crippen molar-refractivity contribution in [1.29, 1.82) is 0 Å². The molecule has 0 aromatic heterocycles. The number of likely N-dealkylation sites (tertiary alicyclic amines) is 1. The van der Waals surface area contributed by atoms with Gasteiger partial charge in [0.25, 0.3) is 0 Å². The minimum Gasteiger partial charge on any atom is -0.343 e. The number of amides is 1. The van der Waals surface area contributed by atoms with Crippen LogP contribution in [0.15, 0.2) is 35.8 Å². The average Bonchev–Trinajstić information content (AvgIpc) is 2.39. The fourth-order valence-corrected chi connectivity index (χ4v) is 3.05. The fraction of sp³-hybridized carbons (Fsp3) is 0.500. The molecule has 20 heavy (non-hydrogen) atoms. The highest BCUT2D eigenvalue weighted by Gasteiger charge is 2.25. The summed E-state index contributed by atoms with van der Waals surface area (Å²) in [7, 11) is -3.55. The van der Waals surface area contributed by atoms with E-state index in [1.165, 1.54) is 13.0 Å². The summed E-state index contributed by atoms with van der Waals surface area (Å²) in [4.78, 5) is 13.0. The van der Waals surface area contributed by atoms with E-state index < -0.39 is 10.0 Å². The molecule has 0 atom stereocenters. The fourth-order valence-electron chi connectivity index (χ4n) is 1.97. The predicted molar refractivity (Wildman–Crippen MR) is 80.4 cm³/mol. The molecule has 1 aliphatic rings. The van der Waals surface area contributed by atoms with Crippen molar-refractivity contribution in [1.82, 2.24) is 9.62 Å². The van der Waals surface area contributed by atoms with Crippen LogP contribution >= 0.6 is 0 Å². The highest BCUT2D eigenvalue weighted by Crippen LogP contribution is 2.14. The van der Waals surface area contributed by atoms with Crippen LogP contribution in [0.2, 0.25) is 0 Å². The van der Waals surface area contributed by atoms with Gasteiger partial charge in [0.1, 0.15) is 0 Å². The van der Waals surface area contributed by atoms with Gasteiger partial charge in [-0.15, -0.1) is 0 Å². The second-order valence-corrected chi connectivity index (χ2v) is 6.52. The zero-order chi connectivity index (χ0) is 15.2. The largest absolute Gasteiger partial charge is 0.343 e. The van der Waals surface area contributed by atoms with E-state index >= 15 is 0 Å². The van der Waals surface area contributed by atoms with Crippen LogP contribution < -0.4 is 4.72 Å². The average molecular weight is 298 g/mol. The molecule has 1 heterocycles. The van der Waals surface area contributed by atoms with Crippen LogP contribution in [0.4, 0.5) is 0 Å². The van der Waals surface area contributed by atoms with Crippen molar-refractivity contribution in [3.05, 3.63) is 35.8 Å². The Labute approximate surface area is 121 Å². The lowest BCUT2D eigenvalue weighted by atomic mass is 10.1. The minimum absolute atomic E-state index is 0.0324. The number of piperidine rings is 1. The van der Waals surface area contributed by atoms with E-state index in [0.29, 0.717) is 25.9 Å². The van der Waals surface area contributed by atoms with Gasteiger partial charge >= 0.3 is 0 Å². The highest BCUT2D eigenvalue weighted by atomic mass is 32.2. The van der Waals surface area contributed by atoms with Gasteiger partial charge in [0.05, 0.1) is 4.91 Å². The van der Waals surface area contributed by atoms with Crippen LogP contribution in [0, 0.1) is 0 Å². The Morgan fingerprint density at radius 2 is 1.90 bits per heavy atom. The Hall–Kier alpha value is -1.40. The van der Waals surface area contributed by atoms with E-state index in [2.05, 4.69) is 11.3 Å². The van der Waals surface area contributed by atoms with Gasteiger partial charge in [0.15, 0.2) is 0 Å². The van der Waals surface area contributed by atoms with E-state index in [4.69, 9.17) is 0 Å². The lowest BCUT2D eigenvalue weighted by molar-refractivity contribution is -0.129. The maximum absolute atomic E-state index is 12.0. The molecule has 1 N–H and O–H groups in total. The number of nitrogens with zero attached hydrogens (tertiary/aromatic N) is 1. The number of nitrogens with one attached hydrogen (secondary N) is 1. The summed E-state index contributed by atoms with van der Waals surface area (Å²) in [6.07, 6.45) is 7.91. The third-order valence-corrected chi connectivity index (χ3v) is 4.66. The number of allylic oxidation sites excluding steroid dienone is 4. The lowest BCUT2D eigenvalue weighted by Gasteiger charge is -2.31. The van der Waals surface area contributed by atoms with Crippen molar-refractivity contribution >= 4 is 15.9 Å². The van der Waals surface area contributed by atoms with Gasteiger partial charge in [0.2, 0.25) is 15.9 Å². The summed E-state index contributed by atoms with van der Waals surface area (Å²) in [5.41, 5.74) is 0. The molecule has 0 aliphatic carbocycles. The smallest absolute Gasteiger partial charge is 0.240 e. The van der Waals surface area contributed by atoms with Gasteiger partial charge in [-0.25, -0.2) is 13.1 Å². The van der Waals surface area contributed by atoms with Crippen molar-refractivity contribution in [2.24, 2.45) is 0 Å². The molecule has 112 valence electrons. The van der Waals surface area contributed by atoms with E-state index in [1.54, 1.807) is 23.1 Å². The molecule has 1 aliphatic heterocycles. The van der Waals surface area contributed by atoms with Crippen LogP contribution in [0.1, 0.15) is 26.7 Å². The summed E-state index contributed by atoms with van der Waals surface area (Å²) >= 11 is 0. The van der Waals surface area contributed by atoms with Crippen LogP contribution in [0.3, 0.4) is 0 Å². The van der Waals surface area contributed by atoms with Crippen LogP contribution in [-0.2, 0) is 14.8 Å². The molecule has 1 rings (SSSR count). The van der Waals surface area contributed by atoms with Crippen molar-refractivity contribution in [2.45, 2.75) is 32.7 Å². The third kappa shape index (κ3) is 4.94. The van der Waals surface area contributed by atoms with Gasteiger partial charge in [-0.2, -0.15) is 0 Å². The zero-order valence-electron chi connectivity index (χ0n) is 12.0. The lowest BCUT2D eigenvalue weighted by Crippen LogP contribution is -2.46. The molecular weight excluding hydrogens is 276 g/mol. The van der Waals surface area contributed by atoms with Gasteiger partial charge in [-0.1, -0.05) is 24.8 Å². The first-order valence-electron chi connectivity index (χ1n) is 6.63. The second-order valence-electron chi connectivity index (χ2n) is 4.75. The minimum atomic E-state index is -3.55. The summed E-state index contributed by atoms with van der Waals surface area (Å²) in [5, 5.41) is 0. The van der Waals surface area contributed by atoms with Crippen LogP contribution in [0.5, 0.6) is 0 Å². The Kier molecular flexibility index (Phi) is 6.16.